The van der Waals surface area contributed by atoms with E-state index in [1.165, 1.54) is 0 Å². The van der Waals surface area contributed by atoms with Crippen LogP contribution in [-0.2, 0) is 47.5 Å². The Kier molecular flexibility index (Phi) is 13.5. The summed E-state index contributed by atoms with van der Waals surface area (Å²) in [5, 5.41) is 0. The average Bonchev–Trinajstić information content (AvgIpc) is 3.81. The van der Waals surface area contributed by atoms with E-state index in [-0.39, 0.29) is 47.5 Å². The van der Waals surface area contributed by atoms with E-state index < -0.39 is 0 Å². The van der Waals surface area contributed by atoms with Crippen LogP contribution in [0.4, 0.5) is 5.69 Å². The maximum Gasteiger partial charge on any atom is 4.00 e. The number of aromatic nitrogens is 2. The summed E-state index contributed by atoms with van der Waals surface area (Å²) in [6, 6.07) is 50.7. The Morgan fingerprint density at radius 3 is 2.14 bits per heavy atom. The van der Waals surface area contributed by atoms with Crippen molar-refractivity contribution in [3.05, 3.63) is 164 Å². The molecule has 254 valence electrons. The van der Waals surface area contributed by atoms with Crippen LogP contribution in [0.25, 0.3) is 22.4 Å². The quantitative estimate of drug-likeness (QED) is 0.0912. The molecule has 6 nitrogen and oxygen atoms in total. The third-order valence-electron chi connectivity index (χ3n) is 7.32. The van der Waals surface area contributed by atoms with Gasteiger partial charge in [0.25, 0.3) is 6.20 Å². The van der Waals surface area contributed by atoms with E-state index in [9.17, 15) is 0 Å². The fraction of sp³-hybridized carbons (Fsp3) is 0.116. The minimum absolute atomic E-state index is 0. The van der Waals surface area contributed by atoms with Crippen LogP contribution in [0.5, 0.6) is 23.0 Å². The molecule has 0 radical (unpaired) electrons. The van der Waals surface area contributed by atoms with Crippen LogP contribution in [0, 0.1) is 42.8 Å². The first-order valence-corrected chi connectivity index (χ1v) is 15.6. The van der Waals surface area contributed by atoms with Crippen molar-refractivity contribution >= 4 is 11.7 Å². The Hall–Kier alpha value is -5.03. The maximum absolute atomic E-state index is 6.57. The zero-order chi connectivity index (χ0) is 34.2. The minimum Gasteiger partial charge on any atom is -0.669 e. The topological polar surface area (TPSA) is 42.3 Å². The average molecular weight is 1030 g/mol. The van der Waals surface area contributed by atoms with Gasteiger partial charge < -0.3 is 25.4 Å². The van der Waals surface area contributed by atoms with E-state index in [1.54, 1.807) is 23.2 Å². The maximum atomic E-state index is 6.57. The summed E-state index contributed by atoms with van der Waals surface area (Å²) in [5.74, 6) is 2.41. The van der Waals surface area contributed by atoms with Gasteiger partial charge in [0.05, 0.1) is 0 Å². The van der Waals surface area contributed by atoms with Crippen LogP contribution in [0.3, 0.4) is 0 Å². The molecule has 0 fully saturated rings. The molecule has 0 amide bonds. The molecule has 1 aliphatic heterocycles. The standard InChI is InChI=1S/C37H28N3O2.C6H4N.2Pt/c1-37(2,3)30-20-29(22-35(24-30)42-34-15-9-11-31(25-34)40-19-18-39(4)26-40)36-23-28(16-17-38-36)27-10-8-14-33(21-27)41-32-12-6-5-7-13-32;1-2-7-5-3-4-6-7;;/h5-12,14-15,17-20,23-24H,1-4H3;3-6H;;/q-3;-1;+2;+4. The molecule has 0 saturated heterocycles. The molecule has 0 saturated carbocycles. The second-order valence-electron chi connectivity index (χ2n) is 12.1. The van der Waals surface area contributed by atoms with Gasteiger partial charge in [0.1, 0.15) is 5.69 Å². The summed E-state index contributed by atoms with van der Waals surface area (Å²) < 4.78 is 17.5. The van der Waals surface area contributed by atoms with Crippen molar-refractivity contribution in [2.75, 3.05) is 7.05 Å². The Bertz CT molecular complexity index is 2230. The molecule has 0 N–H and O–H groups in total. The van der Waals surface area contributed by atoms with E-state index in [0.717, 1.165) is 33.6 Å². The normalized spacial score (nSPS) is 11.4. The third kappa shape index (κ3) is 10.5. The second-order valence-corrected chi connectivity index (χ2v) is 12.1. The molecular weight excluding hydrogens is 995 g/mol. The molecule has 0 aliphatic carbocycles. The van der Waals surface area contributed by atoms with Crippen LogP contribution in [0.1, 0.15) is 26.3 Å². The summed E-state index contributed by atoms with van der Waals surface area (Å²) in [6.45, 7) is 6.52. The van der Waals surface area contributed by atoms with Gasteiger partial charge in [-0.15, -0.1) is 41.5 Å². The number of hydrogen-bond acceptors (Lipinski definition) is 3. The molecule has 0 atom stereocenters. The first-order valence-electron chi connectivity index (χ1n) is 15.6. The molecule has 51 heavy (non-hydrogen) atoms. The molecular formula is C43H32N4O2Pt2+2. The van der Waals surface area contributed by atoms with E-state index >= 15 is 0 Å². The Morgan fingerprint density at radius 2 is 1.47 bits per heavy atom. The van der Waals surface area contributed by atoms with Gasteiger partial charge in [-0.1, -0.05) is 66.1 Å². The zero-order valence-corrected chi connectivity index (χ0v) is 32.8. The first kappa shape index (κ1) is 38.8. The van der Waals surface area contributed by atoms with E-state index in [1.807, 2.05) is 114 Å². The summed E-state index contributed by atoms with van der Waals surface area (Å²) in [4.78, 5) is 4.64. The summed E-state index contributed by atoms with van der Waals surface area (Å²) >= 11 is 0. The van der Waals surface area contributed by atoms with E-state index in [0.29, 0.717) is 23.0 Å². The zero-order valence-electron chi connectivity index (χ0n) is 28.3. The van der Waals surface area contributed by atoms with Crippen molar-refractivity contribution in [3.63, 3.8) is 0 Å². The molecule has 4 aromatic carbocycles. The van der Waals surface area contributed by atoms with Crippen LogP contribution >= 0.6 is 0 Å². The fourth-order valence-corrected chi connectivity index (χ4v) is 4.78. The van der Waals surface area contributed by atoms with Crippen molar-refractivity contribution in [3.8, 4) is 51.4 Å². The SMILES string of the molecule is C[N+]1=C=[N+](c2[c-]c(Oc3[c-]c(-c4cc(-c5[c-]c(Oc6[c-]cccc6)ccc5)[c-]cn4)cc(C(C)(C)C)c3)ccc2)C=C1.[C-]#Cn1cccc1.[Pt+2].[Pt+4]. The van der Waals surface area contributed by atoms with Crippen molar-refractivity contribution in [2.45, 2.75) is 26.2 Å². The second kappa shape index (κ2) is 17.8. The number of benzene rings is 4. The van der Waals surface area contributed by atoms with Gasteiger partial charge in [-0.3, -0.25) is 11.1 Å². The van der Waals surface area contributed by atoms with Gasteiger partial charge in [0.2, 0.25) is 6.20 Å². The summed E-state index contributed by atoms with van der Waals surface area (Å²) in [5.41, 5.74) is 5.07. The number of nitrogens with zero attached hydrogens (tertiary/aromatic N) is 4. The third-order valence-corrected chi connectivity index (χ3v) is 7.32. The number of para-hydroxylation sites is 1. The van der Waals surface area contributed by atoms with Gasteiger partial charge >= 0.3 is 48.1 Å². The molecule has 7 rings (SSSR count). The van der Waals surface area contributed by atoms with Gasteiger partial charge in [0.15, 0.2) is 7.05 Å². The Morgan fingerprint density at radius 1 is 0.765 bits per heavy atom. The van der Waals surface area contributed by atoms with Crippen LogP contribution in [-0.4, -0.2) is 31.8 Å². The summed E-state index contributed by atoms with van der Waals surface area (Å²) in [6.07, 6.45) is 15.6. The van der Waals surface area contributed by atoms with Crippen molar-refractivity contribution in [1.29, 1.82) is 0 Å². The molecule has 0 bridgehead atoms. The predicted octanol–water partition coefficient (Wildman–Crippen LogP) is 9.12. The van der Waals surface area contributed by atoms with Crippen LogP contribution < -0.4 is 9.47 Å². The van der Waals surface area contributed by atoms with Crippen LogP contribution in [0.2, 0.25) is 0 Å². The fourth-order valence-electron chi connectivity index (χ4n) is 4.78. The minimum atomic E-state index is -0.125. The monoisotopic (exact) mass is 1030 g/mol. The molecule has 6 aromatic rings. The van der Waals surface area contributed by atoms with Gasteiger partial charge in [-0.2, -0.15) is 36.4 Å². The van der Waals surface area contributed by atoms with E-state index in [4.69, 9.17) is 15.9 Å². The molecule has 0 spiro atoms. The number of rotatable bonds is 7. The van der Waals surface area contributed by atoms with Crippen molar-refractivity contribution in [2.24, 2.45) is 0 Å². The molecule has 8 heteroatoms. The van der Waals surface area contributed by atoms with Crippen LogP contribution in [0.15, 0.2) is 122 Å². The summed E-state index contributed by atoms with van der Waals surface area (Å²) in [7, 11) is 1.93. The predicted molar refractivity (Wildman–Crippen MR) is 188 cm³/mol. The van der Waals surface area contributed by atoms with Crippen molar-refractivity contribution < 1.29 is 60.8 Å². The number of ether oxygens (including phenoxy) is 2. The smallest absolute Gasteiger partial charge is 0.669 e. The molecule has 2 aromatic heterocycles. The Balaban J connectivity index is 0.000000581. The van der Waals surface area contributed by atoms with Gasteiger partial charge in [-0.25, -0.2) is 24.2 Å². The van der Waals surface area contributed by atoms with Gasteiger partial charge in [-0.05, 0) is 17.5 Å². The van der Waals surface area contributed by atoms with Crippen molar-refractivity contribution in [1.82, 2.24) is 9.55 Å². The van der Waals surface area contributed by atoms with E-state index in [2.05, 4.69) is 74.2 Å². The number of pyridine rings is 1. The largest absolute Gasteiger partial charge is 4.00 e. The molecule has 1 aliphatic rings. The molecule has 3 heterocycles. The Labute approximate surface area is 329 Å². The number of hydrogen-bond donors (Lipinski definition) is 0. The first-order chi connectivity index (χ1) is 23.7. The van der Waals surface area contributed by atoms with Gasteiger partial charge in [0, 0.05) is 35.4 Å². The molecule has 0 unspecified atom stereocenters.